The normalized spacial score (nSPS) is 16.3. The molecular formula is C19H24N4O2. The van der Waals surface area contributed by atoms with Gasteiger partial charge >= 0.3 is 0 Å². The summed E-state index contributed by atoms with van der Waals surface area (Å²) < 4.78 is 5.11. The van der Waals surface area contributed by atoms with E-state index in [2.05, 4.69) is 44.6 Å². The Hall–Kier alpha value is -2.44. The van der Waals surface area contributed by atoms with Crippen LogP contribution in [0.4, 0.5) is 0 Å². The van der Waals surface area contributed by atoms with Crippen LogP contribution in [0.25, 0.3) is 0 Å². The van der Waals surface area contributed by atoms with Gasteiger partial charge in [0.05, 0.1) is 12.5 Å². The zero-order chi connectivity index (χ0) is 17.3. The Bertz CT molecular complexity index is 662. The highest BCUT2D eigenvalue weighted by Crippen LogP contribution is 2.08. The van der Waals surface area contributed by atoms with Crippen molar-refractivity contribution >= 4 is 12.1 Å². The lowest BCUT2D eigenvalue weighted by atomic mass is 10.2. The minimum atomic E-state index is -0.0745. The van der Waals surface area contributed by atoms with Crippen molar-refractivity contribution in [3.63, 3.8) is 0 Å². The SMILES string of the molecule is O=C(CCN1CCN(Cc2ccccc2)CC1)N/N=C/c1ccco1. The molecule has 0 bridgehead atoms. The molecule has 0 atom stereocenters. The molecule has 1 aliphatic rings. The molecule has 1 aliphatic heterocycles. The third-order valence-electron chi connectivity index (χ3n) is 4.29. The van der Waals surface area contributed by atoms with Crippen molar-refractivity contribution in [1.29, 1.82) is 0 Å². The molecule has 0 aliphatic carbocycles. The van der Waals surface area contributed by atoms with Crippen LogP contribution in [0.2, 0.25) is 0 Å². The van der Waals surface area contributed by atoms with E-state index in [1.165, 1.54) is 11.8 Å². The van der Waals surface area contributed by atoms with E-state index >= 15 is 0 Å². The van der Waals surface area contributed by atoms with Crippen LogP contribution in [-0.4, -0.2) is 54.6 Å². The first kappa shape index (κ1) is 17.4. The monoisotopic (exact) mass is 340 g/mol. The number of nitrogens with zero attached hydrogens (tertiary/aromatic N) is 3. The fourth-order valence-corrected chi connectivity index (χ4v) is 2.86. The number of hydrazone groups is 1. The Labute approximate surface area is 148 Å². The highest BCUT2D eigenvalue weighted by atomic mass is 16.3. The van der Waals surface area contributed by atoms with Crippen molar-refractivity contribution in [1.82, 2.24) is 15.2 Å². The van der Waals surface area contributed by atoms with E-state index in [1.54, 1.807) is 18.4 Å². The lowest BCUT2D eigenvalue weighted by molar-refractivity contribution is -0.121. The molecule has 0 unspecified atom stereocenters. The highest BCUT2D eigenvalue weighted by molar-refractivity contribution is 5.80. The van der Waals surface area contributed by atoms with Crippen molar-refractivity contribution in [2.24, 2.45) is 5.10 Å². The quantitative estimate of drug-likeness (QED) is 0.618. The number of hydrogen-bond donors (Lipinski definition) is 1. The number of carbonyl (C=O) groups excluding carboxylic acids is 1. The van der Waals surface area contributed by atoms with Gasteiger partial charge in [-0.1, -0.05) is 30.3 Å². The van der Waals surface area contributed by atoms with Crippen LogP contribution in [0.3, 0.4) is 0 Å². The lowest BCUT2D eigenvalue weighted by Gasteiger charge is -2.34. The number of amides is 1. The summed E-state index contributed by atoms with van der Waals surface area (Å²) in [6.07, 6.45) is 3.52. The van der Waals surface area contributed by atoms with Gasteiger partial charge in [-0.3, -0.25) is 9.69 Å². The van der Waals surface area contributed by atoms with E-state index in [0.717, 1.165) is 39.3 Å². The number of rotatable bonds is 7. The van der Waals surface area contributed by atoms with Gasteiger partial charge in [-0.25, -0.2) is 5.43 Å². The third-order valence-corrected chi connectivity index (χ3v) is 4.29. The van der Waals surface area contributed by atoms with Crippen molar-refractivity contribution in [3.8, 4) is 0 Å². The van der Waals surface area contributed by atoms with Crippen molar-refractivity contribution < 1.29 is 9.21 Å². The minimum absolute atomic E-state index is 0.0745. The molecule has 1 saturated heterocycles. The summed E-state index contributed by atoms with van der Waals surface area (Å²) in [5.74, 6) is 0.546. The minimum Gasteiger partial charge on any atom is -0.463 e. The van der Waals surface area contributed by atoms with Crippen molar-refractivity contribution in [2.45, 2.75) is 13.0 Å². The highest BCUT2D eigenvalue weighted by Gasteiger charge is 2.17. The van der Waals surface area contributed by atoms with E-state index in [0.29, 0.717) is 12.2 Å². The summed E-state index contributed by atoms with van der Waals surface area (Å²) in [6.45, 7) is 5.82. The molecule has 1 N–H and O–H groups in total. The second kappa shape index (κ2) is 9.15. The first-order chi connectivity index (χ1) is 12.3. The topological polar surface area (TPSA) is 61.1 Å². The van der Waals surface area contributed by atoms with Gasteiger partial charge in [0.15, 0.2) is 0 Å². The lowest BCUT2D eigenvalue weighted by Crippen LogP contribution is -2.46. The second-order valence-electron chi connectivity index (χ2n) is 6.16. The summed E-state index contributed by atoms with van der Waals surface area (Å²) in [5, 5.41) is 3.89. The molecule has 2 aromatic rings. The first-order valence-electron chi connectivity index (χ1n) is 8.63. The third kappa shape index (κ3) is 5.85. The molecule has 0 saturated carbocycles. The summed E-state index contributed by atoms with van der Waals surface area (Å²) >= 11 is 0. The molecule has 132 valence electrons. The van der Waals surface area contributed by atoms with Crippen LogP contribution in [0.5, 0.6) is 0 Å². The van der Waals surface area contributed by atoms with Crippen molar-refractivity contribution in [3.05, 3.63) is 60.1 Å². The average Bonchev–Trinajstić information content (AvgIpc) is 3.15. The average molecular weight is 340 g/mol. The van der Waals surface area contributed by atoms with Gasteiger partial charge in [0.2, 0.25) is 5.91 Å². The molecule has 1 aromatic heterocycles. The molecule has 6 nitrogen and oxygen atoms in total. The van der Waals surface area contributed by atoms with Gasteiger partial charge in [0, 0.05) is 45.7 Å². The molecule has 1 fully saturated rings. The van der Waals surface area contributed by atoms with E-state index in [-0.39, 0.29) is 5.91 Å². The first-order valence-corrected chi connectivity index (χ1v) is 8.63. The molecule has 6 heteroatoms. The maximum absolute atomic E-state index is 11.8. The second-order valence-corrected chi connectivity index (χ2v) is 6.16. The maximum atomic E-state index is 11.8. The number of hydrogen-bond acceptors (Lipinski definition) is 5. The summed E-state index contributed by atoms with van der Waals surface area (Å²) in [7, 11) is 0. The van der Waals surface area contributed by atoms with Crippen molar-refractivity contribution in [2.75, 3.05) is 32.7 Å². The Morgan fingerprint density at radius 1 is 1.08 bits per heavy atom. The van der Waals surface area contributed by atoms with Gasteiger partial charge in [-0.05, 0) is 17.7 Å². The van der Waals surface area contributed by atoms with E-state index in [1.807, 2.05) is 6.07 Å². The van der Waals surface area contributed by atoms with Crippen LogP contribution in [0.1, 0.15) is 17.7 Å². The van der Waals surface area contributed by atoms with Crippen LogP contribution < -0.4 is 5.43 Å². The molecule has 1 amide bonds. The largest absolute Gasteiger partial charge is 0.463 e. The molecular weight excluding hydrogens is 316 g/mol. The Morgan fingerprint density at radius 2 is 1.84 bits per heavy atom. The molecule has 3 rings (SSSR count). The summed E-state index contributed by atoms with van der Waals surface area (Å²) in [4.78, 5) is 16.6. The van der Waals surface area contributed by atoms with Gasteiger partial charge in [0.25, 0.3) is 0 Å². The number of nitrogens with one attached hydrogen (secondary N) is 1. The standard InChI is InChI=1S/C19H24N4O2/c24-19(21-20-15-18-7-4-14-25-18)8-9-22-10-12-23(13-11-22)16-17-5-2-1-3-6-17/h1-7,14-15H,8-13,16H2,(H,21,24)/b20-15+. The summed E-state index contributed by atoms with van der Waals surface area (Å²) in [5.41, 5.74) is 3.89. The van der Waals surface area contributed by atoms with Crippen LogP contribution >= 0.6 is 0 Å². The van der Waals surface area contributed by atoms with Gasteiger partial charge in [-0.15, -0.1) is 0 Å². The van der Waals surface area contributed by atoms with Gasteiger partial charge in [-0.2, -0.15) is 5.10 Å². The Morgan fingerprint density at radius 3 is 2.56 bits per heavy atom. The Kier molecular flexibility index (Phi) is 6.36. The number of benzene rings is 1. The number of piperazine rings is 1. The smallest absolute Gasteiger partial charge is 0.241 e. The fraction of sp³-hybridized carbons (Fsp3) is 0.368. The van der Waals surface area contributed by atoms with Gasteiger partial charge < -0.3 is 9.32 Å². The Balaban J connectivity index is 1.31. The van der Waals surface area contributed by atoms with Crippen LogP contribution in [0, 0.1) is 0 Å². The number of furan rings is 1. The molecule has 2 heterocycles. The summed E-state index contributed by atoms with van der Waals surface area (Å²) in [6, 6.07) is 14.1. The van der Waals surface area contributed by atoms with Gasteiger partial charge in [0.1, 0.15) is 5.76 Å². The molecule has 25 heavy (non-hydrogen) atoms. The molecule has 0 spiro atoms. The molecule has 1 aromatic carbocycles. The zero-order valence-corrected chi connectivity index (χ0v) is 14.3. The van der Waals surface area contributed by atoms with E-state index in [9.17, 15) is 4.79 Å². The number of carbonyl (C=O) groups is 1. The fourth-order valence-electron chi connectivity index (χ4n) is 2.86. The van der Waals surface area contributed by atoms with Crippen LogP contribution in [0.15, 0.2) is 58.2 Å². The zero-order valence-electron chi connectivity index (χ0n) is 14.3. The van der Waals surface area contributed by atoms with E-state index < -0.39 is 0 Å². The van der Waals surface area contributed by atoms with Crippen LogP contribution in [-0.2, 0) is 11.3 Å². The maximum Gasteiger partial charge on any atom is 0.241 e. The predicted molar refractivity (Wildman–Crippen MR) is 97.2 cm³/mol. The van der Waals surface area contributed by atoms with E-state index in [4.69, 9.17) is 4.42 Å². The molecule has 0 radical (unpaired) electrons. The predicted octanol–water partition coefficient (Wildman–Crippen LogP) is 1.94.